The van der Waals surface area contributed by atoms with E-state index >= 15 is 0 Å². The molecule has 4 aromatic rings. The predicted molar refractivity (Wildman–Crippen MR) is 118 cm³/mol. The van der Waals surface area contributed by atoms with E-state index in [1.54, 1.807) is 18.6 Å². The summed E-state index contributed by atoms with van der Waals surface area (Å²) < 4.78 is 19.7. The first-order chi connectivity index (χ1) is 15.7. The first kappa shape index (κ1) is 19.7. The number of hydrogen-bond donors (Lipinski definition) is 2. The molecule has 0 radical (unpaired) electrons. The van der Waals surface area contributed by atoms with Gasteiger partial charge < -0.3 is 20.7 Å². The Morgan fingerprint density at radius 2 is 1.81 bits per heavy atom. The fourth-order valence-corrected chi connectivity index (χ4v) is 3.61. The minimum atomic E-state index is -0.416. The summed E-state index contributed by atoms with van der Waals surface area (Å²) in [6.45, 7) is 0.798. The third-order valence-electron chi connectivity index (χ3n) is 5.12. The summed E-state index contributed by atoms with van der Waals surface area (Å²) in [6, 6.07) is 15.2. The third kappa shape index (κ3) is 4.00. The maximum absolute atomic E-state index is 13.9. The Morgan fingerprint density at radius 3 is 2.59 bits per heavy atom. The molecule has 9 heteroatoms. The number of benzene rings is 1. The Kier molecular flexibility index (Phi) is 5.20. The number of pyridine rings is 2. The van der Waals surface area contributed by atoms with Crippen molar-refractivity contribution < 1.29 is 9.13 Å². The molecule has 0 saturated carbocycles. The SMILES string of the molecule is Nc1nc(OCc2ccncc2)nc2c1NC(c1cncc(F)c1)N2Cc1ccccc1. The van der Waals surface area contributed by atoms with Crippen LogP contribution in [0.3, 0.4) is 0 Å². The molecule has 0 fully saturated rings. The second kappa shape index (κ2) is 8.46. The molecule has 5 rings (SSSR count). The molecule has 32 heavy (non-hydrogen) atoms. The lowest BCUT2D eigenvalue weighted by Gasteiger charge is -2.26. The van der Waals surface area contributed by atoms with E-state index in [2.05, 4.69) is 25.3 Å². The molecule has 1 aromatic carbocycles. The third-order valence-corrected chi connectivity index (χ3v) is 5.12. The Morgan fingerprint density at radius 1 is 1.00 bits per heavy atom. The van der Waals surface area contributed by atoms with Gasteiger partial charge in [0, 0.05) is 30.7 Å². The summed E-state index contributed by atoms with van der Waals surface area (Å²) in [5, 5.41) is 3.32. The van der Waals surface area contributed by atoms with Crippen LogP contribution in [0.1, 0.15) is 22.9 Å². The maximum atomic E-state index is 13.9. The average Bonchev–Trinajstić information content (AvgIpc) is 3.18. The number of nitrogens with one attached hydrogen (secondary N) is 1. The quantitative estimate of drug-likeness (QED) is 0.478. The van der Waals surface area contributed by atoms with Gasteiger partial charge in [0.05, 0.1) is 6.20 Å². The Labute approximate surface area is 183 Å². The fourth-order valence-electron chi connectivity index (χ4n) is 3.61. The van der Waals surface area contributed by atoms with E-state index in [0.29, 0.717) is 23.6 Å². The number of anilines is 3. The number of aromatic nitrogens is 4. The van der Waals surface area contributed by atoms with Crippen molar-refractivity contribution in [1.29, 1.82) is 0 Å². The second-order valence-corrected chi connectivity index (χ2v) is 7.33. The number of nitrogens with zero attached hydrogens (tertiary/aromatic N) is 5. The highest BCUT2D eigenvalue weighted by Gasteiger charge is 2.34. The van der Waals surface area contributed by atoms with Crippen LogP contribution in [-0.2, 0) is 13.2 Å². The van der Waals surface area contributed by atoms with E-state index in [-0.39, 0.29) is 18.4 Å². The summed E-state index contributed by atoms with van der Waals surface area (Å²) in [6.07, 6.45) is 5.77. The lowest BCUT2D eigenvalue weighted by atomic mass is 10.1. The number of rotatable bonds is 6. The van der Waals surface area contributed by atoms with E-state index in [0.717, 1.165) is 11.1 Å². The van der Waals surface area contributed by atoms with E-state index in [9.17, 15) is 4.39 Å². The van der Waals surface area contributed by atoms with E-state index in [1.807, 2.05) is 47.4 Å². The largest absolute Gasteiger partial charge is 0.458 e. The Hall–Kier alpha value is -4.27. The van der Waals surface area contributed by atoms with Crippen molar-refractivity contribution in [1.82, 2.24) is 19.9 Å². The standard InChI is InChI=1S/C23H20FN7O/c24-18-10-17(11-27-12-18)21-28-19-20(25)29-23(32-14-16-6-8-26-9-7-16)30-22(19)31(21)13-15-4-2-1-3-5-15/h1-12,21,28H,13-14H2,(H2,25,29,30). The van der Waals surface area contributed by atoms with Crippen molar-refractivity contribution in [3.63, 3.8) is 0 Å². The second-order valence-electron chi connectivity index (χ2n) is 7.33. The zero-order valence-electron chi connectivity index (χ0n) is 17.0. The number of fused-ring (bicyclic) bond motifs is 1. The van der Waals surface area contributed by atoms with Gasteiger partial charge in [-0.05, 0) is 29.3 Å². The summed E-state index contributed by atoms with van der Waals surface area (Å²) >= 11 is 0. The summed E-state index contributed by atoms with van der Waals surface area (Å²) in [5.74, 6) is 0.422. The van der Waals surface area contributed by atoms with Crippen molar-refractivity contribution in [2.75, 3.05) is 16.0 Å². The van der Waals surface area contributed by atoms with Gasteiger partial charge in [0.1, 0.15) is 24.3 Å². The first-order valence-electron chi connectivity index (χ1n) is 10.0. The smallest absolute Gasteiger partial charge is 0.320 e. The lowest BCUT2D eigenvalue weighted by Crippen LogP contribution is -2.28. The molecule has 4 heterocycles. The number of hydrogen-bond acceptors (Lipinski definition) is 8. The van der Waals surface area contributed by atoms with Crippen molar-refractivity contribution in [2.24, 2.45) is 0 Å². The first-order valence-corrected chi connectivity index (χ1v) is 10.0. The number of halogens is 1. The molecular weight excluding hydrogens is 409 g/mol. The van der Waals surface area contributed by atoms with Crippen LogP contribution in [0.15, 0.2) is 73.3 Å². The van der Waals surface area contributed by atoms with Crippen LogP contribution in [0.2, 0.25) is 0 Å². The topological polar surface area (TPSA) is 102 Å². The van der Waals surface area contributed by atoms with Gasteiger partial charge in [0.2, 0.25) is 0 Å². The molecule has 3 N–H and O–H groups in total. The maximum Gasteiger partial charge on any atom is 0.320 e. The molecule has 0 saturated heterocycles. The van der Waals surface area contributed by atoms with E-state index < -0.39 is 12.0 Å². The van der Waals surface area contributed by atoms with Crippen molar-refractivity contribution >= 4 is 17.3 Å². The van der Waals surface area contributed by atoms with Gasteiger partial charge in [0.25, 0.3) is 0 Å². The molecule has 1 unspecified atom stereocenters. The van der Waals surface area contributed by atoms with Gasteiger partial charge in [-0.15, -0.1) is 0 Å². The molecule has 8 nitrogen and oxygen atoms in total. The van der Waals surface area contributed by atoms with Crippen molar-refractivity contribution in [3.05, 3.63) is 95.8 Å². The van der Waals surface area contributed by atoms with Gasteiger partial charge in [-0.25, -0.2) is 4.39 Å². The number of ether oxygens (including phenoxy) is 1. The number of nitrogen functional groups attached to an aromatic ring is 1. The fraction of sp³-hybridized carbons (Fsp3) is 0.130. The number of nitrogens with two attached hydrogens (primary N) is 1. The molecule has 1 atom stereocenters. The highest BCUT2D eigenvalue weighted by atomic mass is 19.1. The molecular formula is C23H20FN7O. The van der Waals surface area contributed by atoms with Crippen LogP contribution < -0.4 is 20.7 Å². The highest BCUT2D eigenvalue weighted by Crippen LogP contribution is 2.44. The molecule has 160 valence electrons. The summed E-state index contributed by atoms with van der Waals surface area (Å²) in [7, 11) is 0. The van der Waals surface area contributed by atoms with Crippen LogP contribution >= 0.6 is 0 Å². The van der Waals surface area contributed by atoms with Crippen LogP contribution in [-0.4, -0.2) is 19.9 Å². The van der Waals surface area contributed by atoms with Crippen LogP contribution in [0, 0.1) is 5.82 Å². The van der Waals surface area contributed by atoms with Gasteiger partial charge >= 0.3 is 6.01 Å². The predicted octanol–water partition coefficient (Wildman–Crippen LogP) is 3.70. The highest BCUT2D eigenvalue weighted by molar-refractivity contribution is 5.82. The molecule has 3 aromatic heterocycles. The molecule has 0 bridgehead atoms. The Bertz CT molecular complexity index is 1220. The summed E-state index contributed by atoms with van der Waals surface area (Å²) in [4.78, 5) is 18.9. The van der Waals surface area contributed by atoms with Gasteiger partial charge in [0.15, 0.2) is 11.6 Å². The summed E-state index contributed by atoms with van der Waals surface area (Å²) in [5.41, 5.74) is 9.47. The minimum Gasteiger partial charge on any atom is -0.458 e. The van der Waals surface area contributed by atoms with Crippen LogP contribution in [0.4, 0.5) is 21.7 Å². The van der Waals surface area contributed by atoms with Crippen LogP contribution in [0.5, 0.6) is 6.01 Å². The molecule has 0 amide bonds. The monoisotopic (exact) mass is 429 g/mol. The normalized spacial score (nSPS) is 14.7. The lowest BCUT2D eigenvalue weighted by molar-refractivity contribution is 0.281. The van der Waals surface area contributed by atoms with Crippen molar-refractivity contribution in [3.8, 4) is 6.01 Å². The molecule has 1 aliphatic heterocycles. The van der Waals surface area contributed by atoms with Gasteiger partial charge in [-0.1, -0.05) is 30.3 Å². The van der Waals surface area contributed by atoms with Crippen LogP contribution in [0.25, 0.3) is 0 Å². The van der Waals surface area contributed by atoms with Gasteiger partial charge in [-0.2, -0.15) is 9.97 Å². The van der Waals surface area contributed by atoms with E-state index in [1.165, 1.54) is 12.3 Å². The molecule has 0 aliphatic carbocycles. The molecule has 1 aliphatic rings. The Balaban J connectivity index is 1.50. The van der Waals surface area contributed by atoms with Crippen molar-refractivity contribution in [2.45, 2.75) is 19.3 Å². The average molecular weight is 429 g/mol. The van der Waals surface area contributed by atoms with E-state index in [4.69, 9.17) is 10.5 Å². The molecule has 0 spiro atoms. The van der Waals surface area contributed by atoms with Gasteiger partial charge in [-0.3, -0.25) is 9.97 Å². The zero-order valence-corrected chi connectivity index (χ0v) is 17.0. The minimum absolute atomic E-state index is 0.163. The zero-order chi connectivity index (χ0) is 21.9.